The molecule has 2 N–H and O–H groups in total. The molecule has 0 bridgehead atoms. The Morgan fingerprint density at radius 1 is 1.37 bits per heavy atom. The van der Waals surface area contributed by atoms with E-state index in [9.17, 15) is 9.18 Å². The van der Waals surface area contributed by atoms with Crippen molar-refractivity contribution in [3.8, 4) is 0 Å². The molecule has 0 aliphatic rings. The van der Waals surface area contributed by atoms with Crippen molar-refractivity contribution in [2.45, 2.75) is 6.92 Å². The molecule has 0 aliphatic carbocycles. The van der Waals surface area contributed by atoms with Gasteiger partial charge in [-0.05, 0) is 24.6 Å². The lowest BCUT2D eigenvalue weighted by Gasteiger charge is -2.08. The molecule has 0 unspecified atom stereocenters. The number of pyridine rings is 2. The Bertz CT molecular complexity index is 615. The summed E-state index contributed by atoms with van der Waals surface area (Å²) in [5, 5.41) is 5.18. The molecule has 0 saturated carbocycles. The second kappa shape index (κ2) is 5.43. The normalized spacial score (nSPS) is 10.1. The fraction of sp³-hybridized carbons (Fsp3) is 0.154. The van der Waals surface area contributed by atoms with Crippen LogP contribution in [0.15, 0.2) is 30.7 Å². The lowest BCUT2D eigenvalue weighted by Crippen LogP contribution is -2.15. The van der Waals surface area contributed by atoms with Crippen LogP contribution in [-0.4, -0.2) is 22.9 Å². The quantitative estimate of drug-likeness (QED) is 0.888. The molecule has 2 aromatic rings. The largest absolute Gasteiger partial charge is 0.371 e. The number of hydrogen-bond acceptors (Lipinski definition) is 4. The first-order chi connectivity index (χ1) is 9.11. The van der Waals surface area contributed by atoms with Crippen LogP contribution in [0.25, 0.3) is 0 Å². The first-order valence-electron chi connectivity index (χ1n) is 5.67. The van der Waals surface area contributed by atoms with Gasteiger partial charge in [-0.3, -0.25) is 9.78 Å². The number of rotatable bonds is 3. The molecule has 0 aliphatic heterocycles. The number of nitrogens with zero attached hydrogens (tertiary/aromatic N) is 2. The third-order valence-electron chi connectivity index (χ3n) is 2.50. The Morgan fingerprint density at radius 2 is 2.16 bits per heavy atom. The predicted molar refractivity (Wildman–Crippen MR) is 70.7 cm³/mol. The van der Waals surface area contributed by atoms with Gasteiger partial charge in [-0.25, -0.2) is 9.37 Å². The van der Waals surface area contributed by atoms with E-state index in [1.165, 1.54) is 25.5 Å². The number of aromatic nitrogens is 2. The number of amides is 1. The van der Waals surface area contributed by atoms with Gasteiger partial charge in [-0.15, -0.1) is 0 Å². The predicted octanol–water partition coefficient (Wildman–Crippen LogP) is 2.22. The van der Waals surface area contributed by atoms with Crippen LogP contribution < -0.4 is 10.6 Å². The van der Waals surface area contributed by atoms with Gasteiger partial charge in [-0.1, -0.05) is 0 Å². The highest BCUT2D eigenvalue weighted by Gasteiger charge is 2.15. The van der Waals surface area contributed by atoms with E-state index < -0.39 is 11.7 Å². The molecule has 0 saturated heterocycles. The summed E-state index contributed by atoms with van der Waals surface area (Å²) >= 11 is 0. The first-order valence-corrected chi connectivity index (χ1v) is 5.67. The summed E-state index contributed by atoms with van der Waals surface area (Å²) in [5.74, 6) is -1.18. The zero-order chi connectivity index (χ0) is 13.8. The van der Waals surface area contributed by atoms with E-state index in [-0.39, 0.29) is 11.4 Å². The minimum Gasteiger partial charge on any atom is -0.371 e. The van der Waals surface area contributed by atoms with Crippen LogP contribution >= 0.6 is 0 Å². The maximum absolute atomic E-state index is 13.9. The highest BCUT2D eigenvalue weighted by molar-refractivity contribution is 6.04. The Balaban J connectivity index is 2.25. The van der Waals surface area contributed by atoms with Crippen molar-refractivity contribution in [3.05, 3.63) is 47.7 Å². The molecule has 0 aromatic carbocycles. The highest BCUT2D eigenvalue weighted by Crippen LogP contribution is 2.16. The Morgan fingerprint density at radius 3 is 2.84 bits per heavy atom. The number of aryl methyl sites for hydroxylation is 1. The number of anilines is 2. The summed E-state index contributed by atoms with van der Waals surface area (Å²) in [6, 6.07) is 3.08. The zero-order valence-corrected chi connectivity index (χ0v) is 10.6. The number of nitrogens with one attached hydrogen (secondary N) is 2. The summed E-state index contributed by atoms with van der Waals surface area (Å²) < 4.78 is 13.9. The van der Waals surface area contributed by atoms with Gasteiger partial charge in [0.05, 0.1) is 17.4 Å². The van der Waals surface area contributed by atoms with Gasteiger partial charge in [0.15, 0.2) is 11.6 Å². The molecule has 0 radical (unpaired) electrons. The number of hydrogen-bond donors (Lipinski definition) is 2. The Hall–Kier alpha value is -2.50. The summed E-state index contributed by atoms with van der Waals surface area (Å²) in [6.07, 6.45) is 4.54. The topological polar surface area (TPSA) is 66.9 Å². The zero-order valence-electron chi connectivity index (χ0n) is 10.6. The minimum atomic E-state index is -0.678. The standard InChI is InChI=1S/C13H13FN4O/c1-8-5-9(7-16-6-8)18-13(19)10-3-4-17-12(15-2)11(10)14/h3-7H,1-2H3,(H,15,17)(H,18,19). The van der Waals surface area contributed by atoms with E-state index in [1.807, 2.05) is 6.92 Å². The van der Waals surface area contributed by atoms with Crippen molar-refractivity contribution in [3.63, 3.8) is 0 Å². The van der Waals surface area contributed by atoms with Crippen LogP contribution in [0.2, 0.25) is 0 Å². The molecule has 0 spiro atoms. The van der Waals surface area contributed by atoms with E-state index in [2.05, 4.69) is 20.6 Å². The molecular formula is C13H13FN4O. The highest BCUT2D eigenvalue weighted by atomic mass is 19.1. The average Bonchev–Trinajstić information content (AvgIpc) is 2.39. The molecule has 0 atom stereocenters. The minimum absolute atomic E-state index is 0.0371. The Kier molecular flexibility index (Phi) is 3.70. The molecule has 5 nitrogen and oxygen atoms in total. The fourth-order valence-corrected chi connectivity index (χ4v) is 1.62. The number of carbonyl (C=O) groups is 1. The summed E-state index contributed by atoms with van der Waals surface area (Å²) in [5.41, 5.74) is 1.36. The van der Waals surface area contributed by atoms with Gasteiger partial charge in [0, 0.05) is 19.4 Å². The molecule has 2 heterocycles. The van der Waals surface area contributed by atoms with Gasteiger partial charge in [0.25, 0.3) is 5.91 Å². The van der Waals surface area contributed by atoms with E-state index in [0.29, 0.717) is 5.69 Å². The van der Waals surface area contributed by atoms with Crippen LogP contribution in [0.5, 0.6) is 0 Å². The van der Waals surface area contributed by atoms with Crippen LogP contribution in [0.3, 0.4) is 0 Å². The van der Waals surface area contributed by atoms with Crippen LogP contribution in [-0.2, 0) is 0 Å². The summed E-state index contributed by atoms with van der Waals surface area (Å²) in [4.78, 5) is 19.7. The van der Waals surface area contributed by atoms with Crippen molar-refractivity contribution in [2.24, 2.45) is 0 Å². The average molecular weight is 260 g/mol. The lowest BCUT2D eigenvalue weighted by molar-refractivity contribution is 0.102. The van der Waals surface area contributed by atoms with Crippen molar-refractivity contribution in [2.75, 3.05) is 17.7 Å². The first kappa shape index (κ1) is 12.9. The van der Waals surface area contributed by atoms with Gasteiger partial charge >= 0.3 is 0 Å². The maximum atomic E-state index is 13.9. The third-order valence-corrected chi connectivity index (χ3v) is 2.50. The van der Waals surface area contributed by atoms with E-state index in [0.717, 1.165) is 5.56 Å². The summed E-state index contributed by atoms with van der Waals surface area (Å²) in [6.45, 7) is 1.86. The van der Waals surface area contributed by atoms with Crippen molar-refractivity contribution < 1.29 is 9.18 Å². The maximum Gasteiger partial charge on any atom is 0.258 e. The molecule has 6 heteroatoms. The van der Waals surface area contributed by atoms with Crippen LogP contribution in [0, 0.1) is 12.7 Å². The third kappa shape index (κ3) is 2.85. The monoisotopic (exact) mass is 260 g/mol. The van der Waals surface area contributed by atoms with Gasteiger partial charge in [-0.2, -0.15) is 0 Å². The Labute approximate surface area is 109 Å². The molecule has 1 amide bonds. The van der Waals surface area contributed by atoms with Gasteiger partial charge in [0.2, 0.25) is 0 Å². The van der Waals surface area contributed by atoms with E-state index >= 15 is 0 Å². The second-order valence-corrected chi connectivity index (χ2v) is 3.98. The lowest BCUT2D eigenvalue weighted by atomic mass is 10.2. The van der Waals surface area contributed by atoms with Crippen LogP contribution in [0.4, 0.5) is 15.9 Å². The number of halogens is 1. The molecule has 2 rings (SSSR count). The van der Waals surface area contributed by atoms with Crippen molar-refractivity contribution in [1.29, 1.82) is 0 Å². The molecule has 2 aromatic heterocycles. The van der Waals surface area contributed by atoms with E-state index in [1.54, 1.807) is 12.3 Å². The SMILES string of the molecule is CNc1nccc(C(=O)Nc2cncc(C)c2)c1F. The summed E-state index contributed by atoms with van der Waals surface area (Å²) in [7, 11) is 1.54. The van der Waals surface area contributed by atoms with Gasteiger partial charge in [0.1, 0.15) is 0 Å². The molecular weight excluding hydrogens is 247 g/mol. The van der Waals surface area contributed by atoms with Crippen molar-refractivity contribution in [1.82, 2.24) is 9.97 Å². The second-order valence-electron chi connectivity index (χ2n) is 3.98. The van der Waals surface area contributed by atoms with E-state index in [4.69, 9.17) is 0 Å². The van der Waals surface area contributed by atoms with Crippen molar-refractivity contribution >= 4 is 17.4 Å². The fourth-order valence-electron chi connectivity index (χ4n) is 1.62. The van der Waals surface area contributed by atoms with Crippen LogP contribution in [0.1, 0.15) is 15.9 Å². The smallest absolute Gasteiger partial charge is 0.258 e. The molecule has 19 heavy (non-hydrogen) atoms. The van der Waals surface area contributed by atoms with Gasteiger partial charge < -0.3 is 10.6 Å². The molecule has 98 valence electrons. The number of carbonyl (C=O) groups excluding carboxylic acids is 1. The molecule has 0 fully saturated rings.